The van der Waals surface area contributed by atoms with Crippen molar-refractivity contribution >= 4 is 27.0 Å². The Morgan fingerprint density at radius 3 is 3.07 bits per heavy atom. The van der Waals surface area contributed by atoms with E-state index in [1.54, 1.807) is 0 Å². The first-order chi connectivity index (χ1) is 7.33. The molecule has 0 N–H and O–H groups in total. The van der Waals surface area contributed by atoms with Crippen LogP contribution in [0.25, 0.3) is 11.0 Å². The molecule has 0 amide bonds. The Kier molecular flexibility index (Phi) is 2.24. The average molecular weight is 266 g/mol. The number of nitrogens with zero attached hydrogens (tertiary/aromatic N) is 3. The summed E-state index contributed by atoms with van der Waals surface area (Å²) in [6, 6.07) is 6.09. The average Bonchev–Trinajstić information content (AvgIpc) is 2.97. The second kappa shape index (κ2) is 3.59. The molecule has 78 valence electrons. The zero-order valence-corrected chi connectivity index (χ0v) is 9.94. The molecule has 2 aromatic rings. The van der Waals surface area contributed by atoms with Gasteiger partial charge in [-0.25, -0.2) is 4.68 Å². The minimum Gasteiger partial charge on any atom is -0.245 e. The zero-order valence-electron chi connectivity index (χ0n) is 8.36. The summed E-state index contributed by atoms with van der Waals surface area (Å²) in [6.45, 7) is 0.998. The van der Waals surface area contributed by atoms with Crippen molar-refractivity contribution in [1.29, 1.82) is 0 Å². The van der Waals surface area contributed by atoms with E-state index >= 15 is 0 Å². The second-order valence-corrected chi connectivity index (χ2v) is 5.09. The molecule has 1 fully saturated rings. The van der Waals surface area contributed by atoms with Crippen LogP contribution in [0.2, 0.25) is 0 Å². The number of fused-ring (bicyclic) bond motifs is 1. The third-order valence-corrected chi connectivity index (χ3v) is 3.42. The summed E-state index contributed by atoms with van der Waals surface area (Å²) >= 11 is 3.47. The molecule has 1 saturated carbocycles. The Balaban J connectivity index is 1.91. The van der Waals surface area contributed by atoms with Crippen molar-refractivity contribution < 1.29 is 0 Å². The normalized spacial score (nSPS) is 16.1. The van der Waals surface area contributed by atoms with Crippen molar-refractivity contribution in [3.63, 3.8) is 0 Å². The maximum Gasteiger partial charge on any atom is 0.113 e. The second-order valence-electron chi connectivity index (χ2n) is 4.18. The Hall–Kier alpha value is -0.900. The fourth-order valence-electron chi connectivity index (χ4n) is 1.81. The van der Waals surface area contributed by atoms with Crippen LogP contribution >= 0.6 is 15.9 Å². The Morgan fingerprint density at radius 2 is 2.27 bits per heavy atom. The summed E-state index contributed by atoms with van der Waals surface area (Å²) in [6.07, 6.45) is 4.04. The van der Waals surface area contributed by atoms with Gasteiger partial charge in [-0.3, -0.25) is 0 Å². The van der Waals surface area contributed by atoms with E-state index in [4.69, 9.17) is 0 Å². The highest BCUT2D eigenvalue weighted by atomic mass is 79.9. The molecule has 1 aromatic carbocycles. The molecule has 0 aliphatic heterocycles. The van der Waals surface area contributed by atoms with Gasteiger partial charge < -0.3 is 0 Å². The van der Waals surface area contributed by atoms with E-state index in [1.807, 2.05) is 16.8 Å². The quantitative estimate of drug-likeness (QED) is 0.855. The first kappa shape index (κ1) is 9.33. The molecule has 0 spiro atoms. The van der Waals surface area contributed by atoms with E-state index in [9.17, 15) is 0 Å². The Bertz CT molecular complexity index is 488. The molecule has 4 heteroatoms. The van der Waals surface area contributed by atoms with Crippen LogP contribution in [0, 0.1) is 5.92 Å². The summed E-state index contributed by atoms with van der Waals surface area (Å²) < 4.78 is 3.10. The molecule has 1 aromatic heterocycles. The van der Waals surface area contributed by atoms with Gasteiger partial charge >= 0.3 is 0 Å². The van der Waals surface area contributed by atoms with Crippen LogP contribution in [0.5, 0.6) is 0 Å². The number of aryl methyl sites for hydroxylation is 1. The largest absolute Gasteiger partial charge is 0.245 e. The van der Waals surface area contributed by atoms with E-state index in [0.717, 1.165) is 28.0 Å². The molecule has 3 nitrogen and oxygen atoms in total. The standard InChI is InChI=1S/C11H12BrN3/c12-9-3-4-10-11(7-9)15(14-13-10)6-5-8-1-2-8/h3-4,7-8H,1-2,5-6H2. The van der Waals surface area contributed by atoms with Gasteiger partial charge in [-0.2, -0.15) is 0 Å². The number of aromatic nitrogens is 3. The minimum atomic E-state index is 0.941. The molecule has 15 heavy (non-hydrogen) atoms. The topological polar surface area (TPSA) is 30.7 Å². The summed E-state index contributed by atoms with van der Waals surface area (Å²) in [4.78, 5) is 0. The monoisotopic (exact) mass is 265 g/mol. The molecule has 0 unspecified atom stereocenters. The predicted molar refractivity (Wildman–Crippen MR) is 62.6 cm³/mol. The smallest absolute Gasteiger partial charge is 0.113 e. The van der Waals surface area contributed by atoms with Crippen molar-refractivity contribution in [2.75, 3.05) is 0 Å². The molecule has 0 saturated heterocycles. The fraction of sp³-hybridized carbons (Fsp3) is 0.455. The van der Waals surface area contributed by atoms with Crippen molar-refractivity contribution in [3.05, 3.63) is 22.7 Å². The number of hydrogen-bond acceptors (Lipinski definition) is 2. The van der Waals surface area contributed by atoms with Crippen LogP contribution in [0.1, 0.15) is 19.3 Å². The van der Waals surface area contributed by atoms with E-state index in [-0.39, 0.29) is 0 Å². The first-order valence-corrected chi connectivity index (χ1v) is 6.11. The lowest BCUT2D eigenvalue weighted by Gasteiger charge is -2.00. The first-order valence-electron chi connectivity index (χ1n) is 5.32. The van der Waals surface area contributed by atoms with Crippen LogP contribution in [0.15, 0.2) is 22.7 Å². The Morgan fingerprint density at radius 1 is 1.40 bits per heavy atom. The van der Waals surface area contributed by atoms with E-state index in [0.29, 0.717) is 0 Å². The molecule has 0 bridgehead atoms. The van der Waals surface area contributed by atoms with E-state index in [2.05, 4.69) is 32.3 Å². The maximum atomic E-state index is 4.18. The molecule has 1 aliphatic carbocycles. The summed E-state index contributed by atoms with van der Waals surface area (Å²) in [5.74, 6) is 0.941. The van der Waals surface area contributed by atoms with Crippen LogP contribution < -0.4 is 0 Å². The summed E-state index contributed by atoms with van der Waals surface area (Å²) in [7, 11) is 0. The number of benzene rings is 1. The molecule has 0 radical (unpaired) electrons. The van der Waals surface area contributed by atoms with Gasteiger partial charge in [0.1, 0.15) is 5.52 Å². The predicted octanol–water partition coefficient (Wildman–Crippen LogP) is 2.99. The van der Waals surface area contributed by atoms with Crippen molar-refractivity contribution in [2.24, 2.45) is 5.92 Å². The number of halogens is 1. The van der Waals surface area contributed by atoms with E-state index in [1.165, 1.54) is 19.3 Å². The van der Waals surface area contributed by atoms with Gasteiger partial charge in [0.15, 0.2) is 0 Å². The van der Waals surface area contributed by atoms with Gasteiger partial charge in [-0.05, 0) is 30.5 Å². The van der Waals surface area contributed by atoms with Gasteiger partial charge in [0.25, 0.3) is 0 Å². The molecular formula is C11H12BrN3. The summed E-state index contributed by atoms with van der Waals surface area (Å²) in [5, 5.41) is 8.33. The van der Waals surface area contributed by atoms with Crippen molar-refractivity contribution in [3.8, 4) is 0 Å². The zero-order chi connectivity index (χ0) is 10.3. The van der Waals surface area contributed by atoms with Gasteiger partial charge in [0.05, 0.1) is 5.52 Å². The molecule has 3 rings (SSSR count). The van der Waals surface area contributed by atoms with Crippen LogP contribution in [-0.4, -0.2) is 15.0 Å². The third kappa shape index (κ3) is 1.91. The van der Waals surface area contributed by atoms with Crippen LogP contribution in [0.4, 0.5) is 0 Å². The fourth-order valence-corrected chi connectivity index (χ4v) is 2.16. The number of hydrogen-bond donors (Lipinski definition) is 0. The highest BCUT2D eigenvalue weighted by molar-refractivity contribution is 9.10. The van der Waals surface area contributed by atoms with Crippen LogP contribution in [0.3, 0.4) is 0 Å². The van der Waals surface area contributed by atoms with Crippen LogP contribution in [-0.2, 0) is 6.54 Å². The lowest BCUT2D eigenvalue weighted by Crippen LogP contribution is -2.00. The lowest BCUT2D eigenvalue weighted by molar-refractivity contribution is 0.544. The van der Waals surface area contributed by atoms with Crippen molar-refractivity contribution in [1.82, 2.24) is 15.0 Å². The third-order valence-electron chi connectivity index (χ3n) is 2.92. The maximum absolute atomic E-state index is 4.18. The Labute approximate surface area is 96.6 Å². The summed E-state index contributed by atoms with van der Waals surface area (Å²) in [5.41, 5.74) is 2.11. The van der Waals surface area contributed by atoms with Crippen molar-refractivity contribution in [2.45, 2.75) is 25.8 Å². The van der Waals surface area contributed by atoms with Gasteiger partial charge in [-0.1, -0.05) is 34.0 Å². The SMILES string of the molecule is Brc1ccc2nnn(CCC3CC3)c2c1. The van der Waals surface area contributed by atoms with Gasteiger partial charge in [0, 0.05) is 11.0 Å². The lowest BCUT2D eigenvalue weighted by atomic mass is 10.3. The molecule has 1 aliphatic rings. The van der Waals surface area contributed by atoms with Gasteiger partial charge in [0.2, 0.25) is 0 Å². The highest BCUT2D eigenvalue weighted by Gasteiger charge is 2.21. The minimum absolute atomic E-state index is 0.941. The molecule has 1 heterocycles. The molecular weight excluding hydrogens is 254 g/mol. The van der Waals surface area contributed by atoms with Gasteiger partial charge in [-0.15, -0.1) is 5.10 Å². The number of rotatable bonds is 3. The highest BCUT2D eigenvalue weighted by Crippen LogP contribution is 2.33. The van der Waals surface area contributed by atoms with E-state index < -0.39 is 0 Å². The molecule has 0 atom stereocenters.